The normalized spacial score (nSPS) is 11.1. The molecule has 0 aliphatic heterocycles. The van der Waals surface area contributed by atoms with E-state index in [0.29, 0.717) is 22.8 Å². The smallest absolute Gasteiger partial charge is 0.264 e. The van der Waals surface area contributed by atoms with Crippen molar-refractivity contribution < 1.29 is 13.2 Å². The van der Waals surface area contributed by atoms with Gasteiger partial charge in [-0.05, 0) is 42.8 Å². The Labute approximate surface area is 164 Å². The van der Waals surface area contributed by atoms with Gasteiger partial charge in [-0.3, -0.25) is 14.1 Å². The number of aromatic nitrogens is 2. The van der Waals surface area contributed by atoms with Gasteiger partial charge in [-0.2, -0.15) is 0 Å². The van der Waals surface area contributed by atoms with E-state index in [2.05, 4.69) is 15.3 Å². The van der Waals surface area contributed by atoms with Crippen molar-refractivity contribution in [2.24, 2.45) is 0 Å². The zero-order valence-corrected chi connectivity index (χ0v) is 16.6. The molecule has 0 atom stereocenters. The molecule has 0 aliphatic carbocycles. The summed E-state index contributed by atoms with van der Waals surface area (Å²) < 4.78 is 27.1. The van der Waals surface area contributed by atoms with Gasteiger partial charge in [0.15, 0.2) is 0 Å². The number of carbonyl (C=O) groups is 1. The van der Waals surface area contributed by atoms with E-state index in [-0.39, 0.29) is 10.8 Å². The summed E-state index contributed by atoms with van der Waals surface area (Å²) in [5, 5.41) is 2.63. The molecule has 1 amide bonds. The lowest BCUT2D eigenvalue weighted by molar-refractivity contribution is -0.114. The highest BCUT2D eigenvalue weighted by molar-refractivity contribution is 7.92. The molecule has 0 spiro atoms. The van der Waals surface area contributed by atoms with Crippen molar-refractivity contribution in [3.8, 4) is 11.1 Å². The summed E-state index contributed by atoms with van der Waals surface area (Å²) in [6, 6.07) is 13.5. The minimum atomic E-state index is -3.71. The van der Waals surface area contributed by atoms with E-state index >= 15 is 0 Å². The molecule has 28 heavy (non-hydrogen) atoms. The lowest BCUT2D eigenvalue weighted by Gasteiger charge is -2.21. The third-order valence-corrected chi connectivity index (χ3v) is 5.98. The van der Waals surface area contributed by atoms with Crippen LogP contribution in [0.15, 0.2) is 65.8 Å². The molecular weight excluding hydrogens is 376 g/mol. The van der Waals surface area contributed by atoms with Crippen LogP contribution in [0, 0.1) is 6.92 Å². The second kappa shape index (κ2) is 7.77. The molecule has 0 radical (unpaired) electrons. The second-order valence-corrected chi connectivity index (χ2v) is 8.19. The molecule has 1 aromatic carbocycles. The summed E-state index contributed by atoms with van der Waals surface area (Å²) in [6.45, 7) is 3.16. The SMILES string of the molecule is CC(=O)Nc1cc(-c2cnc(C)c(N(C)S(=O)(=O)c3ccccc3)c2)ccn1. The number of benzene rings is 1. The Hall–Kier alpha value is -3.26. The van der Waals surface area contributed by atoms with Crippen molar-refractivity contribution in [3.63, 3.8) is 0 Å². The van der Waals surface area contributed by atoms with Crippen molar-refractivity contribution in [1.82, 2.24) is 9.97 Å². The van der Waals surface area contributed by atoms with E-state index in [9.17, 15) is 13.2 Å². The monoisotopic (exact) mass is 396 g/mol. The van der Waals surface area contributed by atoms with Gasteiger partial charge in [-0.15, -0.1) is 0 Å². The maximum absolute atomic E-state index is 12.9. The maximum atomic E-state index is 12.9. The van der Waals surface area contributed by atoms with E-state index in [1.54, 1.807) is 67.8 Å². The van der Waals surface area contributed by atoms with Gasteiger partial charge < -0.3 is 5.32 Å². The molecule has 0 saturated carbocycles. The Bertz CT molecular complexity index is 1120. The van der Waals surface area contributed by atoms with Crippen molar-refractivity contribution in [3.05, 3.63) is 66.6 Å². The fourth-order valence-electron chi connectivity index (χ4n) is 2.74. The maximum Gasteiger partial charge on any atom is 0.264 e. The first-order valence-electron chi connectivity index (χ1n) is 8.53. The van der Waals surface area contributed by atoms with E-state index in [4.69, 9.17) is 0 Å². The quantitative estimate of drug-likeness (QED) is 0.715. The van der Waals surface area contributed by atoms with E-state index in [1.807, 2.05) is 0 Å². The van der Waals surface area contributed by atoms with Crippen molar-refractivity contribution in [2.45, 2.75) is 18.7 Å². The van der Waals surface area contributed by atoms with Crippen LogP contribution in [0.3, 0.4) is 0 Å². The highest BCUT2D eigenvalue weighted by Crippen LogP contribution is 2.29. The third kappa shape index (κ3) is 4.01. The first-order valence-corrected chi connectivity index (χ1v) is 9.97. The summed E-state index contributed by atoms with van der Waals surface area (Å²) in [7, 11) is -2.21. The first-order chi connectivity index (χ1) is 13.3. The van der Waals surface area contributed by atoms with Gasteiger partial charge in [0.2, 0.25) is 5.91 Å². The Kier molecular flexibility index (Phi) is 5.41. The van der Waals surface area contributed by atoms with Crippen LogP contribution in [0.1, 0.15) is 12.6 Å². The fourth-order valence-corrected chi connectivity index (χ4v) is 4.00. The number of rotatable bonds is 5. The van der Waals surface area contributed by atoms with E-state index in [0.717, 1.165) is 5.56 Å². The number of aryl methyl sites for hydroxylation is 1. The fraction of sp³-hybridized carbons (Fsp3) is 0.150. The first kappa shape index (κ1) is 19.5. The number of hydrogen-bond donors (Lipinski definition) is 1. The molecule has 0 saturated heterocycles. The molecule has 0 fully saturated rings. The third-order valence-electron chi connectivity index (χ3n) is 4.20. The minimum Gasteiger partial charge on any atom is -0.311 e. The zero-order valence-electron chi connectivity index (χ0n) is 15.7. The van der Waals surface area contributed by atoms with Crippen molar-refractivity contribution >= 4 is 27.4 Å². The number of pyridine rings is 2. The molecule has 144 valence electrons. The minimum absolute atomic E-state index is 0.208. The molecule has 3 aromatic rings. The Morgan fingerprint density at radius 3 is 2.43 bits per heavy atom. The van der Waals surface area contributed by atoms with Crippen molar-refractivity contribution in [2.75, 3.05) is 16.7 Å². The summed E-state index contributed by atoms with van der Waals surface area (Å²) in [5.41, 5.74) is 2.53. The van der Waals surface area contributed by atoms with Crippen LogP contribution in [0.2, 0.25) is 0 Å². The lowest BCUT2D eigenvalue weighted by Crippen LogP contribution is -2.27. The predicted octanol–water partition coefficient (Wildman–Crippen LogP) is 3.24. The largest absolute Gasteiger partial charge is 0.311 e. The van der Waals surface area contributed by atoms with Crippen LogP contribution < -0.4 is 9.62 Å². The highest BCUT2D eigenvalue weighted by atomic mass is 32.2. The van der Waals surface area contributed by atoms with Gasteiger partial charge in [-0.25, -0.2) is 13.4 Å². The van der Waals surface area contributed by atoms with Crippen LogP contribution in [0.25, 0.3) is 11.1 Å². The number of nitrogens with one attached hydrogen (secondary N) is 1. The predicted molar refractivity (Wildman–Crippen MR) is 109 cm³/mol. The molecule has 2 heterocycles. The molecule has 2 aromatic heterocycles. The van der Waals surface area contributed by atoms with Gasteiger partial charge in [-0.1, -0.05) is 18.2 Å². The number of hydrogen-bond acceptors (Lipinski definition) is 5. The lowest BCUT2D eigenvalue weighted by atomic mass is 10.1. The molecule has 0 aliphatic rings. The van der Waals surface area contributed by atoms with Crippen molar-refractivity contribution in [1.29, 1.82) is 0 Å². The summed E-state index contributed by atoms with van der Waals surface area (Å²) in [5.74, 6) is 0.193. The highest BCUT2D eigenvalue weighted by Gasteiger charge is 2.23. The molecular formula is C20H20N4O3S. The van der Waals surface area contributed by atoms with Gasteiger partial charge in [0.1, 0.15) is 5.82 Å². The summed E-state index contributed by atoms with van der Waals surface area (Å²) in [6.07, 6.45) is 3.24. The average molecular weight is 396 g/mol. The molecule has 8 heteroatoms. The number of nitrogens with zero attached hydrogens (tertiary/aromatic N) is 3. The van der Waals surface area contributed by atoms with E-state index in [1.165, 1.54) is 18.3 Å². The Morgan fingerprint density at radius 2 is 1.75 bits per heavy atom. The van der Waals surface area contributed by atoms with Crippen LogP contribution >= 0.6 is 0 Å². The number of carbonyl (C=O) groups excluding carboxylic acids is 1. The molecule has 0 bridgehead atoms. The standard InChI is InChI=1S/C20H20N4O3S/c1-14-19(24(3)28(26,27)18-7-5-4-6-8-18)11-17(13-22-14)16-9-10-21-20(12-16)23-15(2)25/h4-13H,1-3H3,(H,21,23,25). The number of amides is 1. The average Bonchev–Trinajstić information content (AvgIpc) is 2.68. The topological polar surface area (TPSA) is 92.3 Å². The summed E-state index contributed by atoms with van der Waals surface area (Å²) >= 11 is 0. The molecule has 0 unspecified atom stereocenters. The Morgan fingerprint density at radius 1 is 1.04 bits per heavy atom. The van der Waals surface area contributed by atoms with Crippen LogP contribution in [-0.2, 0) is 14.8 Å². The molecule has 3 rings (SSSR count). The van der Waals surface area contributed by atoms with E-state index < -0.39 is 10.0 Å². The van der Waals surface area contributed by atoms with Gasteiger partial charge in [0, 0.05) is 31.9 Å². The Balaban J connectivity index is 2.02. The van der Waals surface area contributed by atoms with Gasteiger partial charge in [0.05, 0.1) is 16.3 Å². The van der Waals surface area contributed by atoms with Gasteiger partial charge in [0.25, 0.3) is 10.0 Å². The summed E-state index contributed by atoms with van der Waals surface area (Å²) in [4.78, 5) is 19.9. The number of sulfonamides is 1. The van der Waals surface area contributed by atoms with Gasteiger partial charge >= 0.3 is 0 Å². The molecule has 1 N–H and O–H groups in total. The van der Waals surface area contributed by atoms with Crippen LogP contribution in [-0.4, -0.2) is 31.3 Å². The molecule has 7 nitrogen and oxygen atoms in total. The van der Waals surface area contributed by atoms with Crippen LogP contribution in [0.4, 0.5) is 11.5 Å². The van der Waals surface area contributed by atoms with Crippen LogP contribution in [0.5, 0.6) is 0 Å². The zero-order chi connectivity index (χ0) is 20.3. The number of anilines is 2. The second-order valence-electron chi connectivity index (χ2n) is 6.23.